The van der Waals surface area contributed by atoms with Gasteiger partial charge < -0.3 is 14.4 Å². The van der Waals surface area contributed by atoms with Crippen LogP contribution in [0.1, 0.15) is 31.2 Å². The maximum absolute atomic E-state index is 6.31. The third-order valence-electron chi connectivity index (χ3n) is 5.29. The number of nitrogens with zero attached hydrogens (tertiary/aromatic N) is 2. The molecule has 0 amide bonds. The molecular weight excluding hydrogens is 419 g/mol. The third-order valence-corrected chi connectivity index (χ3v) is 5.67. The summed E-state index contributed by atoms with van der Waals surface area (Å²) in [5.41, 5.74) is 3.02. The summed E-state index contributed by atoms with van der Waals surface area (Å²) < 4.78 is 11.9. The minimum atomic E-state index is 0.247. The molecule has 0 atom stereocenters. The SMILES string of the molecule is COc1ccc(N(Cc2cc(Cl)nc(Cl)c2)c2ccccc2)cc1OC1CCCC1. The molecule has 1 aliphatic carbocycles. The van der Waals surface area contributed by atoms with E-state index in [9.17, 15) is 0 Å². The Morgan fingerprint density at radius 1 is 0.900 bits per heavy atom. The lowest BCUT2D eigenvalue weighted by atomic mass is 10.1. The number of hydrogen-bond acceptors (Lipinski definition) is 4. The van der Waals surface area contributed by atoms with Gasteiger partial charge in [-0.2, -0.15) is 0 Å². The van der Waals surface area contributed by atoms with Crippen LogP contribution >= 0.6 is 23.2 Å². The highest BCUT2D eigenvalue weighted by Crippen LogP contribution is 2.38. The van der Waals surface area contributed by atoms with Gasteiger partial charge in [0.1, 0.15) is 10.3 Å². The second-order valence-electron chi connectivity index (χ2n) is 7.40. The second kappa shape index (κ2) is 9.59. The molecule has 4 rings (SSSR count). The smallest absolute Gasteiger partial charge is 0.163 e. The number of benzene rings is 2. The Kier molecular flexibility index (Phi) is 6.66. The molecular formula is C24H24Cl2N2O2. The van der Waals surface area contributed by atoms with Gasteiger partial charge in [0, 0.05) is 24.0 Å². The fourth-order valence-corrected chi connectivity index (χ4v) is 4.34. The Balaban J connectivity index is 1.71. The van der Waals surface area contributed by atoms with E-state index in [1.807, 2.05) is 42.5 Å². The van der Waals surface area contributed by atoms with E-state index in [1.54, 1.807) is 7.11 Å². The van der Waals surface area contributed by atoms with Gasteiger partial charge in [0.2, 0.25) is 0 Å². The molecule has 1 saturated carbocycles. The molecule has 1 aliphatic rings. The summed E-state index contributed by atoms with van der Waals surface area (Å²) in [6.07, 6.45) is 4.85. The predicted molar refractivity (Wildman–Crippen MR) is 122 cm³/mol. The van der Waals surface area contributed by atoms with Crippen molar-refractivity contribution in [1.82, 2.24) is 4.98 Å². The van der Waals surface area contributed by atoms with Crippen molar-refractivity contribution in [2.45, 2.75) is 38.3 Å². The van der Waals surface area contributed by atoms with Crippen LogP contribution in [-0.2, 0) is 6.54 Å². The van der Waals surface area contributed by atoms with E-state index >= 15 is 0 Å². The predicted octanol–water partition coefficient (Wildman–Crippen LogP) is 7.06. The van der Waals surface area contributed by atoms with E-state index in [0.717, 1.165) is 41.3 Å². The molecule has 0 aliphatic heterocycles. The normalized spacial score (nSPS) is 14.0. The molecule has 30 heavy (non-hydrogen) atoms. The van der Waals surface area contributed by atoms with Crippen LogP contribution in [0.4, 0.5) is 11.4 Å². The molecule has 0 spiro atoms. The zero-order chi connectivity index (χ0) is 20.9. The number of ether oxygens (including phenoxy) is 2. The molecule has 3 aromatic rings. The summed E-state index contributed by atoms with van der Waals surface area (Å²) in [6, 6.07) is 19.9. The maximum atomic E-state index is 6.31. The van der Waals surface area contributed by atoms with Gasteiger partial charge in [-0.3, -0.25) is 0 Å². The first-order valence-corrected chi connectivity index (χ1v) is 10.9. The summed E-state index contributed by atoms with van der Waals surface area (Å²) in [5.74, 6) is 1.52. The van der Waals surface area contributed by atoms with Crippen molar-refractivity contribution in [3.63, 3.8) is 0 Å². The fourth-order valence-electron chi connectivity index (χ4n) is 3.84. The molecule has 0 bridgehead atoms. The Bertz CT molecular complexity index is 972. The van der Waals surface area contributed by atoms with Gasteiger partial charge >= 0.3 is 0 Å². The van der Waals surface area contributed by atoms with Crippen LogP contribution in [0, 0.1) is 0 Å². The Morgan fingerprint density at radius 2 is 1.60 bits per heavy atom. The zero-order valence-corrected chi connectivity index (χ0v) is 18.4. The number of anilines is 2. The number of halogens is 2. The van der Waals surface area contributed by atoms with Crippen molar-refractivity contribution in [2.75, 3.05) is 12.0 Å². The topological polar surface area (TPSA) is 34.6 Å². The molecule has 1 aromatic heterocycles. The molecule has 1 fully saturated rings. The molecule has 4 nitrogen and oxygen atoms in total. The van der Waals surface area contributed by atoms with Gasteiger partial charge in [-0.05, 0) is 67.6 Å². The second-order valence-corrected chi connectivity index (χ2v) is 8.18. The van der Waals surface area contributed by atoms with Gasteiger partial charge in [0.05, 0.1) is 13.2 Å². The van der Waals surface area contributed by atoms with Crippen molar-refractivity contribution in [3.8, 4) is 11.5 Å². The average molecular weight is 443 g/mol. The number of para-hydroxylation sites is 1. The number of rotatable bonds is 7. The van der Waals surface area contributed by atoms with Crippen LogP contribution in [0.25, 0.3) is 0 Å². The van der Waals surface area contributed by atoms with E-state index in [4.69, 9.17) is 32.7 Å². The average Bonchev–Trinajstić information content (AvgIpc) is 3.25. The van der Waals surface area contributed by atoms with Crippen LogP contribution in [0.3, 0.4) is 0 Å². The quantitative estimate of drug-likeness (QED) is 0.366. The number of methoxy groups -OCH3 is 1. The highest BCUT2D eigenvalue weighted by molar-refractivity contribution is 6.32. The molecule has 2 aromatic carbocycles. The Hall–Kier alpha value is -2.43. The lowest BCUT2D eigenvalue weighted by Gasteiger charge is -2.27. The van der Waals surface area contributed by atoms with Gasteiger partial charge in [-0.15, -0.1) is 0 Å². The number of pyridine rings is 1. The summed E-state index contributed by atoms with van der Waals surface area (Å²) in [6.45, 7) is 0.584. The molecule has 1 heterocycles. The summed E-state index contributed by atoms with van der Waals surface area (Å²) in [4.78, 5) is 6.25. The molecule has 0 N–H and O–H groups in total. The van der Waals surface area contributed by atoms with Crippen molar-refractivity contribution in [2.24, 2.45) is 0 Å². The van der Waals surface area contributed by atoms with Crippen LogP contribution < -0.4 is 14.4 Å². The standard InChI is InChI=1S/C24H24Cl2N2O2/c1-29-21-12-11-19(15-22(21)30-20-9-5-6-10-20)28(18-7-3-2-4-8-18)16-17-13-23(25)27-24(26)14-17/h2-4,7-8,11-15,20H,5-6,9-10,16H2,1H3. The number of hydrogen-bond donors (Lipinski definition) is 0. The molecule has 6 heteroatoms. The molecule has 0 unspecified atom stereocenters. The first kappa shape index (κ1) is 20.8. The monoisotopic (exact) mass is 442 g/mol. The fraction of sp³-hybridized carbons (Fsp3) is 0.292. The van der Waals surface area contributed by atoms with E-state index in [1.165, 1.54) is 12.8 Å². The van der Waals surface area contributed by atoms with Crippen molar-refractivity contribution in [3.05, 3.63) is 76.5 Å². The molecule has 156 valence electrons. The van der Waals surface area contributed by atoms with Crippen LogP contribution in [0.15, 0.2) is 60.7 Å². The van der Waals surface area contributed by atoms with E-state index < -0.39 is 0 Å². The van der Waals surface area contributed by atoms with Gasteiger partial charge in [-0.25, -0.2) is 4.98 Å². The minimum Gasteiger partial charge on any atom is -0.493 e. The molecule has 0 radical (unpaired) electrons. The summed E-state index contributed by atoms with van der Waals surface area (Å²) >= 11 is 12.3. The van der Waals surface area contributed by atoms with Crippen LogP contribution in [-0.4, -0.2) is 18.2 Å². The van der Waals surface area contributed by atoms with E-state index in [-0.39, 0.29) is 6.10 Å². The first-order valence-electron chi connectivity index (χ1n) is 10.1. The zero-order valence-electron chi connectivity index (χ0n) is 16.9. The van der Waals surface area contributed by atoms with E-state index in [0.29, 0.717) is 16.9 Å². The largest absolute Gasteiger partial charge is 0.493 e. The van der Waals surface area contributed by atoms with Gasteiger partial charge in [-0.1, -0.05) is 41.4 Å². The maximum Gasteiger partial charge on any atom is 0.163 e. The molecule has 0 saturated heterocycles. The third kappa shape index (κ3) is 5.00. The minimum absolute atomic E-state index is 0.247. The Labute approximate surface area is 187 Å². The van der Waals surface area contributed by atoms with Gasteiger partial charge in [0.25, 0.3) is 0 Å². The van der Waals surface area contributed by atoms with Crippen molar-refractivity contribution in [1.29, 1.82) is 0 Å². The number of aromatic nitrogens is 1. The summed E-state index contributed by atoms with van der Waals surface area (Å²) in [7, 11) is 1.67. The first-order chi connectivity index (χ1) is 14.6. The lowest BCUT2D eigenvalue weighted by Crippen LogP contribution is -2.17. The van der Waals surface area contributed by atoms with Crippen LogP contribution in [0.2, 0.25) is 10.3 Å². The van der Waals surface area contributed by atoms with Crippen LogP contribution in [0.5, 0.6) is 11.5 Å². The summed E-state index contributed by atoms with van der Waals surface area (Å²) in [5, 5.41) is 0.760. The van der Waals surface area contributed by atoms with Crippen molar-refractivity contribution >= 4 is 34.6 Å². The Morgan fingerprint density at radius 3 is 2.27 bits per heavy atom. The van der Waals surface area contributed by atoms with Crippen molar-refractivity contribution < 1.29 is 9.47 Å². The van der Waals surface area contributed by atoms with Gasteiger partial charge in [0.15, 0.2) is 11.5 Å². The highest BCUT2D eigenvalue weighted by Gasteiger charge is 2.20. The van der Waals surface area contributed by atoms with E-state index in [2.05, 4.69) is 28.1 Å². The highest BCUT2D eigenvalue weighted by atomic mass is 35.5. The lowest BCUT2D eigenvalue weighted by molar-refractivity contribution is 0.201.